The minimum atomic E-state index is -5.59. The highest BCUT2D eigenvalue weighted by Gasteiger charge is 2.49. The molecule has 0 aliphatic carbocycles. The van der Waals surface area contributed by atoms with Gasteiger partial charge in [-0.25, -0.2) is 0 Å². The molecule has 0 radical (unpaired) electrons. The Morgan fingerprint density at radius 2 is 1.84 bits per heavy atom. The first-order chi connectivity index (χ1) is 8.33. The Kier molecular flexibility index (Phi) is 4.26. The summed E-state index contributed by atoms with van der Waals surface area (Å²) in [6.45, 7) is 7.45. The van der Waals surface area contributed by atoms with Crippen molar-refractivity contribution in [3.8, 4) is 0 Å². The van der Waals surface area contributed by atoms with Gasteiger partial charge in [0, 0.05) is 18.5 Å². The van der Waals surface area contributed by atoms with Crippen LogP contribution >= 0.6 is 0 Å². The van der Waals surface area contributed by atoms with Gasteiger partial charge in [-0.1, -0.05) is 20.8 Å². The molecule has 1 heterocycles. The van der Waals surface area contributed by atoms with E-state index in [1.54, 1.807) is 6.92 Å². The molecular weight excluding hydrogens is 283 g/mol. The van der Waals surface area contributed by atoms with Gasteiger partial charge in [0.1, 0.15) is 5.76 Å². The number of halogens is 3. The number of hydrogen-bond donors (Lipinski definition) is 1. The second-order valence-electron chi connectivity index (χ2n) is 5.73. The van der Waals surface area contributed by atoms with Crippen molar-refractivity contribution in [1.82, 2.24) is 5.32 Å². The van der Waals surface area contributed by atoms with Crippen LogP contribution in [0.15, 0.2) is 11.8 Å². The van der Waals surface area contributed by atoms with E-state index >= 15 is 0 Å². The highest BCUT2D eigenvalue weighted by atomic mass is 32.2. The average molecular weight is 301 g/mol. The molecule has 2 unspecified atom stereocenters. The van der Waals surface area contributed by atoms with Crippen LogP contribution in [-0.2, 0) is 14.3 Å². The Bertz CT molecular complexity index is 463. The van der Waals surface area contributed by atoms with Crippen LogP contribution in [0.4, 0.5) is 13.2 Å². The summed E-state index contributed by atoms with van der Waals surface area (Å²) in [5.74, 6) is -0.163. The summed E-state index contributed by atoms with van der Waals surface area (Å²) in [5.41, 5.74) is -5.66. The molecule has 1 aliphatic heterocycles. The Balaban J connectivity index is 2.98. The average Bonchev–Trinajstić information content (AvgIpc) is 2.12. The molecule has 0 saturated carbocycles. The van der Waals surface area contributed by atoms with E-state index in [2.05, 4.69) is 9.50 Å². The number of rotatable bonds is 2. The van der Waals surface area contributed by atoms with Crippen molar-refractivity contribution in [2.75, 3.05) is 0 Å². The number of hydrogen-bond acceptors (Lipinski definition) is 4. The quantitative estimate of drug-likeness (QED) is 0.629. The van der Waals surface area contributed by atoms with Crippen molar-refractivity contribution in [2.24, 2.45) is 5.41 Å². The highest BCUT2D eigenvalue weighted by molar-refractivity contribution is 7.87. The SMILES string of the molecule is CC1CC(OS(=O)(=O)C(F)(F)F)=CC(C(C)(C)C)N1. The van der Waals surface area contributed by atoms with Gasteiger partial charge in [0.25, 0.3) is 0 Å². The highest BCUT2D eigenvalue weighted by Crippen LogP contribution is 2.31. The summed E-state index contributed by atoms with van der Waals surface area (Å²) in [6.07, 6.45) is 1.51. The van der Waals surface area contributed by atoms with E-state index in [0.717, 1.165) is 0 Å². The van der Waals surface area contributed by atoms with E-state index in [-0.39, 0.29) is 29.7 Å². The van der Waals surface area contributed by atoms with Gasteiger partial charge in [-0.2, -0.15) is 21.6 Å². The van der Waals surface area contributed by atoms with Crippen molar-refractivity contribution in [3.63, 3.8) is 0 Å². The van der Waals surface area contributed by atoms with Crippen LogP contribution in [0.25, 0.3) is 0 Å². The van der Waals surface area contributed by atoms with Crippen molar-refractivity contribution in [3.05, 3.63) is 11.8 Å². The molecule has 0 saturated heterocycles. The predicted octanol–water partition coefficient (Wildman–Crippen LogP) is 2.53. The zero-order valence-corrected chi connectivity index (χ0v) is 12.0. The fourth-order valence-electron chi connectivity index (χ4n) is 1.72. The first-order valence-electron chi connectivity index (χ1n) is 5.80. The third-order valence-electron chi connectivity index (χ3n) is 2.76. The standard InChI is InChI=1S/C11H18F3NO3S/c1-7-5-8(6-9(15-7)10(2,3)4)18-19(16,17)11(12,13)14/h6-7,9,15H,5H2,1-4H3. The molecule has 1 N–H and O–H groups in total. The summed E-state index contributed by atoms with van der Waals surface area (Å²) in [7, 11) is -5.59. The van der Waals surface area contributed by atoms with E-state index in [1.165, 1.54) is 6.08 Å². The lowest BCUT2D eigenvalue weighted by molar-refractivity contribution is -0.0525. The number of alkyl halides is 3. The molecule has 0 bridgehead atoms. The lowest BCUT2D eigenvalue weighted by Crippen LogP contribution is -2.47. The molecule has 0 aromatic carbocycles. The molecule has 0 fully saturated rings. The maximum Gasteiger partial charge on any atom is 0.534 e. The van der Waals surface area contributed by atoms with Gasteiger partial charge in [0.15, 0.2) is 0 Å². The van der Waals surface area contributed by atoms with Crippen LogP contribution in [0.3, 0.4) is 0 Å². The van der Waals surface area contributed by atoms with E-state index < -0.39 is 15.6 Å². The minimum Gasteiger partial charge on any atom is -0.381 e. The fraction of sp³-hybridized carbons (Fsp3) is 0.818. The van der Waals surface area contributed by atoms with Gasteiger partial charge >= 0.3 is 15.6 Å². The fourth-order valence-corrected chi connectivity index (χ4v) is 2.22. The van der Waals surface area contributed by atoms with E-state index in [1.807, 2.05) is 20.8 Å². The lowest BCUT2D eigenvalue weighted by Gasteiger charge is -2.35. The Morgan fingerprint density at radius 3 is 2.26 bits per heavy atom. The van der Waals surface area contributed by atoms with Gasteiger partial charge < -0.3 is 9.50 Å². The lowest BCUT2D eigenvalue weighted by atomic mass is 9.84. The molecule has 2 atom stereocenters. The third-order valence-corrected chi connectivity index (χ3v) is 3.76. The summed E-state index contributed by atoms with van der Waals surface area (Å²) >= 11 is 0. The molecule has 0 spiro atoms. The van der Waals surface area contributed by atoms with Crippen LogP contribution in [0.1, 0.15) is 34.1 Å². The zero-order chi connectivity index (χ0) is 15.1. The third kappa shape index (κ3) is 4.10. The smallest absolute Gasteiger partial charge is 0.381 e. The van der Waals surface area contributed by atoms with Gasteiger partial charge in [0.05, 0.1) is 0 Å². The Labute approximate surface area is 111 Å². The largest absolute Gasteiger partial charge is 0.534 e. The topological polar surface area (TPSA) is 55.4 Å². The van der Waals surface area contributed by atoms with Gasteiger partial charge in [-0.3, -0.25) is 0 Å². The first kappa shape index (κ1) is 16.3. The number of nitrogens with one attached hydrogen (secondary N) is 1. The summed E-state index contributed by atoms with van der Waals surface area (Å²) < 4.78 is 62.9. The van der Waals surface area contributed by atoms with Crippen molar-refractivity contribution < 1.29 is 25.8 Å². The van der Waals surface area contributed by atoms with Crippen LogP contribution in [0.2, 0.25) is 0 Å². The molecule has 4 nitrogen and oxygen atoms in total. The first-order valence-corrected chi connectivity index (χ1v) is 7.21. The molecule has 19 heavy (non-hydrogen) atoms. The molecule has 1 rings (SSSR count). The predicted molar refractivity (Wildman–Crippen MR) is 64.6 cm³/mol. The van der Waals surface area contributed by atoms with E-state index in [9.17, 15) is 21.6 Å². The molecule has 1 aliphatic rings. The van der Waals surface area contributed by atoms with Crippen molar-refractivity contribution in [2.45, 2.75) is 51.7 Å². The van der Waals surface area contributed by atoms with Crippen LogP contribution in [0, 0.1) is 5.41 Å². The van der Waals surface area contributed by atoms with Crippen LogP contribution in [-0.4, -0.2) is 26.0 Å². The van der Waals surface area contributed by atoms with E-state index in [4.69, 9.17) is 0 Å². The van der Waals surface area contributed by atoms with Crippen LogP contribution < -0.4 is 5.32 Å². The normalized spacial score (nSPS) is 25.9. The molecule has 112 valence electrons. The van der Waals surface area contributed by atoms with Crippen molar-refractivity contribution >= 4 is 10.1 Å². The molecular formula is C11H18F3NO3S. The van der Waals surface area contributed by atoms with Crippen molar-refractivity contribution in [1.29, 1.82) is 0 Å². The molecule has 0 aromatic heterocycles. The second-order valence-corrected chi connectivity index (χ2v) is 7.27. The summed E-state index contributed by atoms with van der Waals surface area (Å²) in [5, 5.41) is 3.18. The zero-order valence-electron chi connectivity index (χ0n) is 11.2. The molecule has 0 amide bonds. The van der Waals surface area contributed by atoms with Gasteiger partial charge in [0.2, 0.25) is 0 Å². The molecule has 8 heteroatoms. The molecule has 0 aromatic rings. The van der Waals surface area contributed by atoms with E-state index in [0.29, 0.717) is 0 Å². The van der Waals surface area contributed by atoms with Gasteiger partial charge in [-0.05, 0) is 18.4 Å². The Hall–Kier alpha value is -0.760. The maximum absolute atomic E-state index is 12.3. The van der Waals surface area contributed by atoms with Gasteiger partial charge in [-0.15, -0.1) is 0 Å². The minimum absolute atomic E-state index is 0.0991. The van der Waals surface area contributed by atoms with Crippen LogP contribution in [0.5, 0.6) is 0 Å². The summed E-state index contributed by atoms with van der Waals surface area (Å²) in [6, 6.07) is -0.414. The maximum atomic E-state index is 12.3. The Morgan fingerprint density at radius 1 is 1.32 bits per heavy atom. The second kappa shape index (κ2) is 4.97. The summed E-state index contributed by atoms with van der Waals surface area (Å²) in [4.78, 5) is 0. The monoisotopic (exact) mass is 301 g/mol.